The van der Waals surface area contributed by atoms with E-state index in [2.05, 4.69) is 44.0 Å². The van der Waals surface area contributed by atoms with Gasteiger partial charge < -0.3 is 14.9 Å². The Bertz CT molecular complexity index is 1190. The van der Waals surface area contributed by atoms with Gasteiger partial charge in [0, 0.05) is 71.6 Å². The fourth-order valence-electron chi connectivity index (χ4n) is 5.78. The minimum atomic E-state index is -0.123. The molecule has 1 saturated carbocycles. The molecule has 2 aromatic carbocycles. The lowest BCUT2D eigenvalue weighted by atomic mass is 9.83. The number of aromatic amines is 2. The van der Waals surface area contributed by atoms with Crippen LogP contribution in [0.2, 0.25) is 0 Å². The zero-order valence-corrected chi connectivity index (χ0v) is 17.8. The summed E-state index contributed by atoms with van der Waals surface area (Å²) in [4.78, 5) is 12.0. The number of rotatable bonds is 3. The highest BCUT2D eigenvalue weighted by Crippen LogP contribution is 2.36. The van der Waals surface area contributed by atoms with Crippen molar-refractivity contribution in [1.29, 1.82) is 0 Å². The first kappa shape index (κ1) is 18.9. The molecule has 4 aromatic rings. The average molecular weight is 417 g/mol. The maximum Gasteiger partial charge on any atom is 0.132 e. The Balaban J connectivity index is 1.08. The van der Waals surface area contributed by atoms with E-state index in [-0.39, 0.29) is 5.82 Å². The second kappa shape index (κ2) is 7.72. The summed E-state index contributed by atoms with van der Waals surface area (Å²) < 4.78 is 14.1. The number of hydrogen-bond acceptors (Lipinski definition) is 2. The van der Waals surface area contributed by atoms with E-state index in [0.29, 0.717) is 12.0 Å². The van der Waals surface area contributed by atoms with Crippen LogP contribution in [0.3, 0.4) is 0 Å². The molecule has 3 heterocycles. The Morgan fingerprint density at radius 3 is 2.39 bits per heavy atom. The molecule has 1 saturated heterocycles. The molecular weight excluding hydrogens is 387 g/mol. The number of H-pyrrole nitrogens is 2. The van der Waals surface area contributed by atoms with Gasteiger partial charge in [0.2, 0.25) is 0 Å². The summed E-state index contributed by atoms with van der Waals surface area (Å²) in [6, 6.07) is 16.8. The van der Waals surface area contributed by atoms with Gasteiger partial charge in [-0.15, -0.1) is 0 Å². The predicted octanol–water partition coefficient (Wildman–Crippen LogP) is 5.64. The number of halogens is 1. The van der Waals surface area contributed by atoms with Crippen molar-refractivity contribution in [2.24, 2.45) is 0 Å². The molecular formula is C26H29FN4. The molecule has 2 fully saturated rings. The highest BCUT2D eigenvalue weighted by atomic mass is 19.1. The molecule has 31 heavy (non-hydrogen) atoms. The summed E-state index contributed by atoms with van der Waals surface area (Å²) in [5.41, 5.74) is 4.71. The van der Waals surface area contributed by atoms with Gasteiger partial charge in [-0.3, -0.25) is 4.90 Å². The first-order valence-electron chi connectivity index (χ1n) is 11.6. The maximum absolute atomic E-state index is 14.1. The van der Waals surface area contributed by atoms with Gasteiger partial charge in [-0.05, 0) is 68.0 Å². The first-order chi connectivity index (χ1) is 15.3. The molecule has 0 amide bonds. The van der Waals surface area contributed by atoms with Crippen molar-refractivity contribution >= 4 is 27.5 Å². The number of nitrogens with zero attached hydrogens (tertiary/aromatic N) is 2. The summed E-state index contributed by atoms with van der Waals surface area (Å²) in [7, 11) is 0. The van der Waals surface area contributed by atoms with E-state index < -0.39 is 0 Å². The molecule has 0 unspecified atom stereocenters. The number of aromatic nitrogens is 2. The van der Waals surface area contributed by atoms with Crippen LogP contribution in [-0.4, -0.2) is 47.1 Å². The van der Waals surface area contributed by atoms with Crippen LogP contribution in [0.5, 0.6) is 0 Å². The zero-order chi connectivity index (χ0) is 20.8. The molecule has 5 heteroatoms. The zero-order valence-electron chi connectivity index (χ0n) is 17.8. The van der Waals surface area contributed by atoms with Crippen molar-refractivity contribution in [3.8, 4) is 0 Å². The van der Waals surface area contributed by atoms with E-state index in [9.17, 15) is 4.39 Å². The Morgan fingerprint density at radius 1 is 0.806 bits per heavy atom. The SMILES string of the molecule is Fc1cccc2[nH]c(C3CCC(N4CCN(c5cccc6[nH]ccc56)CC4)CC3)cc12. The summed E-state index contributed by atoms with van der Waals surface area (Å²) in [5, 5.41) is 2.06. The van der Waals surface area contributed by atoms with Gasteiger partial charge in [0.1, 0.15) is 5.82 Å². The topological polar surface area (TPSA) is 38.1 Å². The summed E-state index contributed by atoms with van der Waals surface area (Å²) in [6.45, 7) is 4.44. The summed E-state index contributed by atoms with van der Waals surface area (Å²) in [5.74, 6) is 0.400. The van der Waals surface area contributed by atoms with E-state index >= 15 is 0 Å². The first-order valence-corrected chi connectivity index (χ1v) is 11.6. The summed E-state index contributed by atoms with van der Waals surface area (Å²) in [6.07, 6.45) is 6.86. The quantitative estimate of drug-likeness (QED) is 0.454. The van der Waals surface area contributed by atoms with Crippen LogP contribution >= 0.6 is 0 Å². The van der Waals surface area contributed by atoms with Gasteiger partial charge in [-0.25, -0.2) is 4.39 Å². The normalized spacial score (nSPS) is 23.1. The minimum absolute atomic E-state index is 0.123. The predicted molar refractivity (Wildman–Crippen MR) is 125 cm³/mol. The van der Waals surface area contributed by atoms with Gasteiger partial charge >= 0.3 is 0 Å². The van der Waals surface area contributed by atoms with Crippen LogP contribution in [0.4, 0.5) is 10.1 Å². The molecule has 4 nitrogen and oxygen atoms in total. The third-order valence-electron chi connectivity index (χ3n) is 7.51. The van der Waals surface area contributed by atoms with E-state index in [0.717, 1.165) is 37.1 Å². The minimum Gasteiger partial charge on any atom is -0.368 e. The third kappa shape index (κ3) is 3.41. The van der Waals surface area contributed by atoms with E-state index in [1.54, 1.807) is 12.1 Å². The molecule has 0 radical (unpaired) electrons. The average Bonchev–Trinajstić information content (AvgIpc) is 3.47. The number of piperazine rings is 1. The van der Waals surface area contributed by atoms with Crippen molar-refractivity contribution < 1.29 is 4.39 Å². The van der Waals surface area contributed by atoms with Crippen LogP contribution in [0.1, 0.15) is 37.3 Å². The van der Waals surface area contributed by atoms with Crippen LogP contribution in [-0.2, 0) is 0 Å². The highest BCUT2D eigenvalue weighted by Gasteiger charge is 2.30. The highest BCUT2D eigenvalue weighted by molar-refractivity contribution is 5.92. The van der Waals surface area contributed by atoms with Crippen molar-refractivity contribution in [2.75, 3.05) is 31.1 Å². The number of benzene rings is 2. The van der Waals surface area contributed by atoms with Gasteiger partial charge in [0.25, 0.3) is 0 Å². The standard InChI is InChI=1S/C26H29FN4/c27-22-3-1-5-24-21(22)17-25(29-24)18-7-9-19(10-8-18)30-13-15-31(16-14-30)26-6-2-4-23-20(26)11-12-28-23/h1-6,11-12,17-19,28-29H,7-10,13-16H2. The van der Waals surface area contributed by atoms with Crippen molar-refractivity contribution in [1.82, 2.24) is 14.9 Å². The van der Waals surface area contributed by atoms with Crippen LogP contribution < -0.4 is 4.90 Å². The fourth-order valence-corrected chi connectivity index (χ4v) is 5.78. The Hall–Kier alpha value is -2.79. The lowest BCUT2D eigenvalue weighted by molar-refractivity contribution is 0.141. The van der Waals surface area contributed by atoms with Crippen LogP contribution in [0.15, 0.2) is 54.7 Å². The fraction of sp³-hybridized carbons (Fsp3) is 0.385. The van der Waals surface area contributed by atoms with Gasteiger partial charge in [0.15, 0.2) is 0 Å². The van der Waals surface area contributed by atoms with E-state index in [1.807, 2.05) is 18.3 Å². The van der Waals surface area contributed by atoms with E-state index in [4.69, 9.17) is 0 Å². The molecule has 1 aliphatic carbocycles. The molecule has 2 aliphatic rings. The van der Waals surface area contributed by atoms with Gasteiger partial charge in [0.05, 0.1) is 0 Å². The molecule has 160 valence electrons. The van der Waals surface area contributed by atoms with E-state index in [1.165, 1.54) is 48.0 Å². The van der Waals surface area contributed by atoms with Crippen molar-refractivity contribution in [3.63, 3.8) is 0 Å². The Kier molecular flexibility index (Phi) is 4.72. The molecule has 0 atom stereocenters. The second-order valence-corrected chi connectivity index (χ2v) is 9.17. The lowest BCUT2D eigenvalue weighted by Crippen LogP contribution is -2.51. The second-order valence-electron chi connectivity index (χ2n) is 9.17. The number of fused-ring (bicyclic) bond motifs is 2. The number of anilines is 1. The Morgan fingerprint density at radius 2 is 1.58 bits per heavy atom. The van der Waals surface area contributed by atoms with Crippen LogP contribution in [0.25, 0.3) is 21.8 Å². The molecule has 2 N–H and O–H groups in total. The molecule has 0 bridgehead atoms. The molecule has 6 rings (SSSR count). The monoisotopic (exact) mass is 416 g/mol. The lowest BCUT2D eigenvalue weighted by Gasteiger charge is -2.42. The Labute approximate surface area is 182 Å². The molecule has 2 aromatic heterocycles. The van der Waals surface area contributed by atoms with Crippen molar-refractivity contribution in [2.45, 2.75) is 37.6 Å². The largest absolute Gasteiger partial charge is 0.368 e. The van der Waals surface area contributed by atoms with Gasteiger partial charge in [-0.1, -0.05) is 12.1 Å². The summed E-state index contributed by atoms with van der Waals surface area (Å²) >= 11 is 0. The number of nitrogens with one attached hydrogen (secondary N) is 2. The van der Waals surface area contributed by atoms with Crippen LogP contribution in [0, 0.1) is 5.82 Å². The third-order valence-corrected chi connectivity index (χ3v) is 7.51. The van der Waals surface area contributed by atoms with Gasteiger partial charge in [-0.2, -0.15) is 0 Å². The number of hydrogen-bond donors (Lipinski definition) is 2. The maximum atomic E-state index is 14.1. The molecule has 1 aliphatic heterocycles. The molecule has 0 spiro atoms. The smallest absolute Gasteiger partial charge is 0.132 e. The van der Waals surface area contributed by atoms with Crippen molar-refractivity contribution in [3.05, 3.63) is 66.2 Å².